The standard InChI is InChI=1S/C19H22N2O5S/c1-19(2,3)21-27(23,24)15-6-4-5-14(12-15)20-18(22)13-7-8-16-17(11-13)26-10-9-25-16/h4-8,11-12,21H,9-10H2,1-3H3,(H,20,22). The van der Waals surface area contributed by atoms with E-state index in [1.54, 1.807) is 51.1 Å². The highest BCUT2D eigenvalue weighted by atomic mass is 32.2. The van der Waals surface area contributed by atoms with Gasteiger partial charge in [0.25, 0.3) is 5.91 Å². The van der Waals surface area contributed by atoms with Crippen LogP contribution in [0.2, 0.25) is 0 Å². The Kier molecular flexibility index (Phi) is 5.12. The van der Waals surface area contributed by atoms with E-state index in [1.807, 2.05) is 0 Å². The molecule has 27 heavy (non-hydrogen) atoms. The molecule has 0 spiro atoms. The van der Waals surface area contributed by atoms with Crippen molar-refractivity contribution in [3.05, 3.63) is 48.0 Å². The summed E-state index contributed by atoms with van der Waals surface area (Å²) in [5, 5.41) is 2.71. The van der Waals surface area contributed by atoms with E-state index in [0.29, 0.717) is 36.0 Å². The van der Waals surface area contributed by atoms with Crippen molar-refractivity contribution < 1.29 is 22.7 Å². The van der Waals surface area contributed by atoms with E-state index in [-0.39, 0.29) is 10.8 Å². The SMILES string of the molecule is CC(C)(C)NS(=O)(=O)c1cccc(NC(=O)c2ccc3c(c2)OCCO3)c1. The molecule has 2 aromatic rings. The smallest absolute Gasteiger partial charge is 0.255 e. The number of benzene rings is 2. The number of hydrogen-bond donors (Lipinski definition) is 2. The first-order valence-corrected chi connectivity index (χ1v) is 9.97. The number of hydrogen-bond acceptors (Lipinski definition) is 5. The van der Waals surface area contributed by atoms with Crippen LogP contribution in [0.5, 0.6) is 11.5 Å². The number of carbonyl (C=O) groups is 1. The van der Waals surface area contributed by atoms with E-state index in [0.717, 1.165) is 0 Å². The molecule has 0 aliphatic carbocycles. The predicted molar refractivity (Wildman–Crippen MR) is 102 cm³/mol. The van der Waals surface area contributed by atoms with Gasteiger partial charge >= 0.3 is 0 Å². The van der Waals surface area contributed by atoms with Gasteiger partial charge in [-0.25, -0.2) is 13.1 Å². The zero-order valence-corrected chi connectivity index (χ0v) is 16.2. The van der Waals surface area contributed by atoms with Gasteiger partial charge in [0.05, 0.1) is 4.90 Å². The zero-order valence-electron chi connectivity index (χ0n) is 15.4. The van der Waals surface area contributed by atoms with Gasteiger partial charge in [0, 0.05) is 16.8 Å². The molecular weight excluding hydrogens is 368 g/mol. The normalized spacial score (nSPS) is 13.9. The van der Waals surface area contributed by atoms with E-state index in [4.69, 9.17) is 9.47 Å². The summed E-state index contributed by atoms with van der Waals surface area (Å²) in [7, 11) is -3.69. The second-order valence-electron chi connectivity index (χ2n) is 7.20. The van der Waals surface area contributed by atoms with Crippen molar-refractivity contribution in [2.45, 2.75) is 31.2 Å². The Labute approximate surface area is 158 Å². The number of amides is 1. The molecule has 0 saturated heterocycles. The van der Waals surface area contributed by atoms with Crippen LogP contribution in [0.4, 0.5) is 5.69 Å². The van der Waals surface area contributed by atoms with Crippen molar-refractivity contribution in [2.24, 2.45) is 0 Å². The van der Waals surface area contributed by atoms with Crippen molar-refractivity contribution in [3.63, 3.8) is 0 Å². The molecule has 1 aliphatic rings. The van der Waals surface area contributed by atoms with E-state index < -0.39 is 15.6 Å². The number of anilines is 1. The quantitative estimate of drug-likeness (QED) is 0.837. The van der Waals surface area contributed by atoms with Crippen LogP contribution in [0, 0.1) is 0 Å². The largest absolute Gasteiger partial charge is 0.486 e. The van der Waals surface area contributed by atoms with E-state index in [1.165, 1.54) is 12.1 Å². The molecule has 0 saturated carbocycles. The summed E-state index contributed by atoms with van der Waals surface area (Å²) in [5.74, 6) is 0.740. The maximum atomic E-state index is 12.5. The minimum absolute atomic E-state index is 0.0809. The van der Waals surface area contributed by atoms with Gasteiger partial charge in [-0.05, 0) is 57.2 Å². The lowest BCUT2D eigenvalue weighted by Crippen LogP contribution is -2.40. The third-order valence-electron chi connectivity index (χ3n) is 3.65. The highest BCUT2D eigenvalue weighted by Crippen LogP contribution is 2.31. The average molecular weight is 390 g/mol. The van der Waals surface area contributed by atoms with Crippen LogP contribution in [-0.2, 0) is 10.0 Å². The average Bonchev–Trinajstić information content (AvgIpc) is 2.59. The highest BCUT2D eigenvalue weighted by Gasteiger charge is 2.22. The van der Waals surface area contributed by atoms with Gasteiger partial charge < -0.3 is 14.8 Å². The Morgan fingerprint density at radius 2 is 1.70 bits per heavy atom. The van der Waals surface area contributed by atoms with Gasteiger partial charge in [-0.2, -0.15) is 0 Å². The first-order chi connectivity index (χ1) is 12.6. The van der Waals surface area contributed by atoms with Crippen molar-refractivity contribution in [2.75, 3.05) is 18.5 Å². The summed E-state index contributed by atoms with van der Waals surface area (Å²) in [4.78, 5) is 12.6. The van der Waals surface area contributed by atoms with Crippen LogP contribution in [-0.4, -0.2) is 33.1 Å². The van der Waals surface area contributed by atoms with Crippen molar-refractivity contribution in [1.82, 2.24) is 4.72 Å². The monoisotopic (exact) mass is 390 g/mol. The van der Waals surface area contributed by atoms with Gasteiger partial charge in [0.2, 0.25) is 10.0 Å². The zero-order chi connectivity index (χ0) is 19.7. The molecule has 0 atom stereocenters. The molecule has 0 radical (unpaired) electrons. The van der Waals surface area contributed by atoms with Crippen LogP contribution in [0.15, 0.2) is 47.4 Å². The van der Waals surface area contributed by atoms with Gasteiger partial charge in [0.1, 0.15) is 13.2 Å². The molecule has 144 valence electrons. The van der Waals surface area contributed by atoms with Crippen LogP contribution in [0.3, 0.4) is 0 Å². The Hall–Kier alpha value is -2.58. The molecule has 1 amide bonds. The fourth-order valence-electron chi connectivity index (χ4n) is 2.59. The molecule has 2 N–H and O–H groups in total. The first-order valence-electron chi connectivity index (χ1n) is 8.49. The molecule has 2 aromatic carbocycles. The van der Waals surface area contributed by atoms with Crippen molar-refractivity contribution in [3.8, 4) is 11.5 Å². The molecule has 1 heterocycles. The Bertz CT molecular complexity index is 964. The minimum Gasteiger partial charge on any atom is -0.486 e. The summed E-state index contributed by atoms with van der Waals surface area (Å²) >= 11 is 0. The summed E-state index contributed by atoms with van der Waals surface area (Å²) < 4.78 is 38.4. The second kappa shape index (κ2) is 7.21. The van der Waals surface area contributed by atoms with Gasteiger partial charge in [-0.3, -0.25) is 4.79 Å². The van der Waals surface area contributed by atoms with Crippen LogP contribution in [0.25, 0.3) is 0 Å². The summed E-state index contributed by atoms with van der Waals surface area (Å²) in [5.41, 5.74) is 0.163. The van der Waals surface area contributed by atoms with Crippen molar-refractivity contribution >= 4 is 21.6 Å². The maximum Gasteiger partial charge on any atom is 0.255 e. The molecule has 0 bridgehead atoms. The third kappa shape index (κ3) is 4.78. The lowest BCUT2D eigenvalue weighted by atomic mass is 10.1. The lowest BCUT2D eigenvalue weighted by molar-refractivity contribution is 0.102. The Morgan fingerprint density at radius 3 is 2.41 bits per heavy atom. The number of fused-ring (bicyclic) bond motifs is 1. The molecule has 0 aromatic heterocycles. The molecule has 0 unspecified atom stereocenters. The minimum atomic E-state index is -3.69. The van der Waals surface area contributed by atoms with E-state index in [9.17, 15) is 13.2 Å². The van der Waals surface area contributed by atoms with Gasteiger partial charge in [0.15, 0.2) is 11.5 Å². The number of sulfonamides is 1. The molecule has 3 rings (SSSR count). The molecule has 1 aliphatic heterocycles. The van der Waals surface area contributed by atoms with Crippen LogP contribution in [0.1, 0.15) is 31.1 Å². The van der Waals surface area contributed by atoms with Crippen LogP contribution < -0.4 is 19.5 Å². The molecule has 8 heteroatoms. The van der Waals surface area contributed by atoms with Gasteiger partial charge in [-0.15, -0.1) is 0 Å². The van der Waals surface area contributed by atoms with E-state index >= 15 is 0 Å². The molecule has 7 nitrogen and oxygen atoms in total. The van der Waals surface area contributed by atoms with E-state index in [2.05, 4.69) is 10.0 Å². The van der Waals surface area contributed by atoms with Gasteiger partial charge in [-0.1, -0.05) is 6.07 Å². The third-order valence-corrected chi connectivity index (χ3v) is 5.40. The number of carbonyl (C=O) groups excluding carboxylic acids is 1. The molecule has 0 fully saturated rings. The first kappa shape index (κ1) is 19.2. The maximum absolute atomic E-state index is 12.5. The highest BCUT2D eigenvalue weighted by molar-refractivity contribution is 7.89. The topological polar surface area (TPSA) is 93.7 Å². The second-order valence-corrected chi connectivity index (χ2v) is 8.88. The predicted octanol–water partition coefficient (Wildman–Crippen LogP) is 2.79. The summed E-state index contributed by atoms with van der Waals surface area (Å²) in [6.45, 7) is 6.19. The number of rotatable bonds is 4. The van der Waals surface area contributed by atoms with Crippen molar-refractivity contribution in [1.29, 1.82) is 0 Å². The Morgan fingerprint density at radius 1 is 1.00 bits per heavy atom. The number of nitrogens with one attached hydrogen (secondary N) is 2. The summed E-state index contributed by atoms with van der Waals surface area (Å²) in [6.07, 6.45) is 0. The fourth-order valence-corrected chi connectivity index (χ4v) is 4.05. The number of ether oxygens (including phenoxy) is 2. The molecular formula is C19H22N2O5S. The lowest BCUT2D eigenvalue weighted by Gasteiger charge is -2.20. The fraction of sp³-hybridized carbons (Fsp3) is 0.316. The summed E-state index contributed by atoms with van der Waals surface area (Å²) in [6, 6.07) is 11.0. The Balaban J connectivity index is 1.79. The van der Waals surface area contributed by atoms with Crippen LogP contribution >= 0.6 is 0 Å².